The first-order chi connectivity index (χ1) is 10.6. The normalized spacial score (nSPS) is 10.6. The van der Waals surface area contributed by atoms with Crippen molar-refractivity contribution in [3.05, 3.63) is 83.9 Å². The maximum atomic E-state index is 2.28. The van der Waals surface area contributed by atoms with E-state index in [1.165, 1.54) is 21.9 Å². The summed E-state index contributed by atoms with van der Waals surface area (Å²) < 4.78 is 0. The van der Waals surface area contributed by atoms with E-state index in [1.807, 2.05) is 6.07 Å². The average molecular weight is 290 g/mol. The lowest BCUT2D eigenvalue weighted by molar-refractivity contribution is 0.867. The zero-order valence-corrected chi connectivity index (χ0v) is 14.1. The monoisotopic (exact) mass is 290 g/mol. The summed E-state index contributed by atoms with van der Waals surface area (Å²) in [5, 5.41) is 2.67. The second-order valence-electron chi connectivity index (χ2n) is 6.33. The Kier molecular flexibility index (Phi) is 5.77. The minimum Gasteiger partial charge on any atom is -0.0622 e. The van der Waals surface area contributed by atoms with Gasteiger partial charge in [-0.25, -0.2) is 0 Å². The van der Waals surface area contributed by atoms with Crippen molar-refractivity contribution >= 4 is 10.8 Å². The van der Waals surface area contributed by atoms with Gasteiger partial charge in [-0.15, -0.1) is 0 Å². The molecule has 22 heavy (non-hydrogen) atoms. The van der Waals surface area contributed by atoms with Crippen molar-refractivity contribution in [2.45, 2.75) is 39.5 Å². The number of hydrogen-bond acceptors (Lipinski definition) is 0. The van der Waals surface area contributed by atoms with Crippen LogP contribution in [0.15, 0.2) is 72.8 Å². The molecule has 0 heterocycles. The van der Waals surface area contributed by atoms with E-state index < -0.39 is 0 Å². The summed E-state index contributed by atoms with van der Waals surface area (Å²) >= 11 is 0. The van der Waals surface area contributed by atoms with E-state index >= 15 is 0 Å². The summed E-state index contributed by atoms with van der Waals surface area (Å²) in [4.78, 5) is 0. The van der Waals surface area contributed by atoms with Crippen LogP contribution in [-0.2, 0) is 0 Å². The molecule has 0 nitrogen and oxygen atoms in total. The summed E-state index contributed by atoms with van der Waals surface area (Å²) in [6.07, 6.45) is 0. The van der Waals surface area contributed by atoms with Gasteiger partial charge in [-0.3, -0.25) is 0 Å². The molecule has 114 valence electrons. The Hall–Kier alpha value is -2.08. The number of fused-ring (bicyclic) bond motifs is 1. The van der Waals surface area contributed by atoms with Gasteiger partial charge in [0.25, 0.3) is 0 Å². The van der Waals surface area contributed by atoms with Crippen LogP contribution in [0.4, 0.5) is 0 Å². The van der Waals surface area contributed by atoms with Gasteiger partial charge in [0.15, 0.2) is 0 Å². The van der Waals surface area contributed by atoms with Crippen molar-refractivity contribution in [3.63, 3.8) is 0 Å². The zero-order chi connectivity index (χ0) is 15.9. The fourth-order valence-electron chi connectivity index (χ4n) is 2.40. The van der Waals surface area contributed by atoms with Crippen LogP contribution in [0.1, 0.15) is 50.7 Å². The minimum absolute atomic E-state index is 0.615. The average Bonchev–Trinajstić information content (AvgIpc) is 2.55. The van der Waals surface area contributed by atoms with E-state index in [2.05, 4.69) is 94.4 Å². The van der Waals surface area contributed by atoms with Gasteiger partial charge in [0, 0.05) is 0 Å². The van der Waals surface area contributed by atoms with Crippen molar-refractivity contribution in [1.29, 1.82) is 0 Å². The SMILES string of the molecule is CC(C)c1ccc2ccccc2c1.CC(C)c1ccccc1. The second kappa shape index (κ2) is 7.79. The smallest absolute Gasteiger partial charge is 0.0181 e. The first kappa shape index (κ1) is 16.3. The van der Waals surface area contributed by atoms with Crippen LogP contribution in [0.25, 0.3) is 10.8 Å². The molecular formula is C22H26. The fourth-order valence-corrected chi connectivity index (χ4v) is 2.40. The standard InChI is InChI=1S/C13H14.C9H12/c1-10(2)12-8-7-11-5-3-4-6-13(11)9-12;1-8(2)9-6-4-3-5-7-9/h3-10H,1-2H3;3-8H,1-2H3. The van der Waals surface area contributed by atoms with Gasteiger partial charge in [-0.1, -0.05) is 100 Å². The van der Waals surface area contributed by atoms with E-state index in [1.54, 1.807) is 0 Å². The van der Waals surface area contributed by atoms with Crippen LogP contribution in [0.5, 0.6) is 0 Å². The third kappa shape index (κ3) is 4.46. The van der Waals surface area contributed by atoms with Crippen LogP contribution in [0, 0.1) is 0 Å². The Balaban J connectivity index is 0.000000172. The van der Waals surface area contributed by atoms with Gasteiger partial charge >= 0.3 is 0 Å². The van der Waals surface area contributed by atoms with Crippen molar-refractivity contribution in [3.8, 4) is 0 Å². The van der Waals surface area contributed by atoms with Gasteiger partial charge in [0.2, 0.25) is 0 Å². The van der Waals surface area contributed by atoms with E-state index in [0.29, 0.717) is 11.8 Å². The van der Waals surface area contributed by atoms with Gasteiger partial charge in [-0.2, -0.15) is 0 Å². The highest BCUT2D eigenvalue weighted by Crippen LogP contribution is 2.20. The molecule has 0 saturated heterocycles. The molecule has 0 unspecified atom stereocenters. The fraction of sp³-hybridized carbons (Fsp3) is 0.273. The van der Waals surface area contributed by atoms with Crippen molar-refractivity contribution in [1.82, 2.24) is 0 Å². The van der Waals surface area contributed by atoms with Crippen LogP contribution >= 0.6 is 0 Å². The molecule has 0 N–H and O–H groups in total. The van der Waals surface area contributed by atoms with Gasteiger partial charge in [-0.05, 0) is 33.7 Å². The van der Waals surface area contributed by atoms with Crippen LogP contribution < -0.4 is 0 Å². The van der Waals surface area contributed by atoms with Crippen LogP contribution in [0.2, 0.25) is 0 Å². The molecule has 0 atom stereocenters. The first-order valence-corrected chi connectivity index (χ1v) is 8.11. The molecule has 0 aliphatic carbocycles. The Labute approximate surface area is 134 Å². The summed E-state index contributed by atoms with van der Waals surface area (Å²) in [5.74, 6) is 1.27. The molecule has 0 spiro atoms. The first-order valence-electron chi connectivity index (χ1n) is 8.11. The molecular weight excluding hydrogens is 264 g/mol. The van der Waals surface area contributed by atoms with E-state index in [9.17, 15) is 0 Å². The number of rotatable bonds is 2. The maximum absolute atomic E-state index is 2.28. The molecule has 0 bridgehead atoms. The molecule has 3 aromatic rings. The summed E-state index contributed by atoms with van der Waals surface area (Å²) in [5.41, 5.74) is 2.83. The lowest BCUT2D eigenvalue weighted by Crippen LogP contribution is -1.85. The molecule has 0 aliphatic heterocycles. The molecule has 0 heteroatoms. The van der Waals surface area contributed by atoms with Gasteiger partial charge < -0.3 is 0 Å². The molecule has 0 radical (unpaired) electrons. The van der Waals surface area contributed by atoms with Gasteiger partial charge in [0.05, 0.1) is 0 Å². The zero-order valence-electron chi connectivity index (χ0n) is 14.1. The van der Waals surface area contributed by atoms with Crippen molar-refractivity contribution in [2.75, 3.05) is 0 Å². The lowest BCUT2D eigenvalue weighted by atomic mass is 9.99. The molecule has 0 aliphatic rings. The van der Waals surface area contributed by atoms with Crippen molar-refractivity contribution in [2.24, 2.45) is 0 Å². The quantitative estimate of drug-likeness (QED) is 0.488. The predicted molar refractivity (Wildman–Crippen MR) is 98.6 cm³/mol. The highest BCUT2D eigenvalue weighted by Gasteiger charge is 1.99. The Morgan fingerprint density at radius 3 is 1.59 bits per heavy atom. The molecule has 0 amide bonds. The van der Waals surface area contributed by atoms with E-state index in [0.717, 1.165) is 0 Å². The Morgan fingerprint density at radius 1 is 0.500 bits per heavy atom. The minimum atomic E-state index is 0.615. The number of hydrogen-bond donors (Lipinski definition) is 0. The second-order valence-corrected chi connectivity index (χ2v) is 6.33. The van der Waals surface area contributed by atoms with Gasteiger partial charge in [0.1, 0.15) is 0 Å². The highest BCUT2D eigenvalue weighted by atomic mass is 14.0. The highest BCUT2D eigenvalue weighted by molar-refractivity contribution is 5.83. The predicted octanol–water partition coefficient (Wildman–Crippen LogP) is 6.77. The molecule has 3 rings (SSSR count). The summed E-state index contributed by atoms with van der Waals surface area (Å²) in [7, 11) is 0. The molecule has 0 saturated carbocycles. The summed E-state index contributed by atoms with van der Waals surface area (Å²) in [6, 6.07) is 25.7. The van der Waals surface area contributed by atoms with Crippen LogP contribution in [0.3, 0.4) is 0 Å². The van der Waals surface area contributed by atoms with E-state index in [-0.39, 0.29) is 0 Å². The topological polar surface area (TPSA) is 0 Å². The summed E-state index contributed by atoms with van der Waals surface area (Å²) in [6.45, 7) is 8.86. The van der Waals surface area contributed by atoms with Crippen molar-refractivity contribution < 1.29 is 0 Å². The molecule has 0 aromatic heterocycles. The Morgan fingerprint density at radius 2 is 1.05 bits per heavy atom. The van der Waals surface area contributed by atoms with Crippen LogP contribution in [-0.4, -0.2) is 0 Å². The third-order valence-corrected chi connectivity index (χ3v) is 3.91. The maximum Gasteiger partial charge on any atom is -0.0181 e. The Bertz CT molecular complexity index is 693. The molecule has 3 aromatic carbocycles. The lowest BCUT2D eigenvalue weighted by Gasteiger charge is -2.06. The third-order valence-electron chi connectivity index (χ3n) is 3.91. The van der Waals surface area contributed by atoms with E-state index in [4.69, 9.17) is 0 Å². The number of benzene rings is 3. The molecule has 0 fully saturated rings. The largest absolute Gasteiger partial charge is 0.0622 e.